The van der Waals surface area contributed by atoms with Crippen LogP contribution in [0.1, 0.15) is 44.2 Å². The lowest BCUT2D eigenvalue weighted by atomic mass is 10.0. The predicted octanol–water partition coefficient (Wildman–Crippen LogP) is 3.46. The molecule has 0 radical (unpaired) electrons. The van der Waals surface area contributed by atoms with E-state index in [1.807, 2.05) is 6.07 Å². The number of imidazole rings is 1. The molecule has 2 aromatic rings. The minimum Gasteiger partial charge on any atom is -0.310 e. The zero-order valence-corrected chi connectivity index (χ0v) is 13.2. The van der Waals surface area contributed by atoms with Gasteiger partial charge in [-0.15, -0.1) is 0 Å². The molecule has 1 aliphatic rings. The molecule has 4 nitrogen and oxygen atoms in total. The molecule has 5 heteroatoms. The van der Waals surface area contributed by atoms with Crippen LogP contribution in [-0.2, 0) is 0 Å². The Hall–Kier alpha value is -1.07. The topological polar surface area (TPSA) is 60.7 Å². The number of aromatic nitrogens is 2. The number of hydrogen-bond acceptors (Lipinski definition) is 2. The van der Waals surface area contributed by atoms with Gasteiger partial charge in [0.05, 0.1) is 11.0 Å². The van der Waals surface area contributed by atoms with Gasteiger partial charge in [-0.25, -0.2) is 4.79 Å². The van der Waals surface area contributed by atoms with Gasteiger partial charge in [0, 0.05) is 10.5 Å². The largest absolute Gasteiger partial charge is 0.323 e. The number of aromatic amines is 2. The van der Waals surface area contributed by atoms with Gasteiger partial charge >= 0.3 is 5.69 Å². The summed E-state index contributed by atoms with van der Waals surface area (Å²) in [6.07, 6.45) is 5.01. The molecule has 1 unspecified atom stereocenters. The first-order chi connectivity index (χ1) is 9.67. The van der Waals surface area contributed by atoms with Gasteiger partial charge in [-0.1, -0.05) is 35.7 Å². The molecule has 1 fully saturated rings. The molecular formula is C15H20BrN3O. The lowest BCUT2D eigenvalue weighted by Crippen LogP contribution is -2.23. The Morgan fingerprint density at radius 1 is 1.35 bits per heavy atom. The summed E-state index contributed by atoms with van der Waals surface area (Å²) in [5.41, 5.74) is 2.83. The molecule has 1 aliphatic carbocycles. The van der Waals surface area contributed by atoms with Crippen molar-refractivity contribution in [1.29, 1.82) is 0 Å². The van der Waals surface area contributed by atoms with Crippen LogP contribution in [0.5, 0.6) is 0 Å². The van der Waals surface area contributed by atoms with Crippen molar-refractivity contribution in [2.75, 3.05) is 6.54 Å². The highest BCUT2D eigenvalue weighted by Crippen LogP contribution is 2.39. The molecular weight excluding hydrogens is 318 g/mol. The number of fused-ring (bicyclic) bond motifs is 1. The number of nitrogens with one attached hydrogen (secondary N) is 3. The van der Waals surface area contributed by atoms with Gasteiger partial charge in [0.15, 0.2) is 0 Å². The molecule has 3 N–H and O–H groups in total. The van der Waals surface area contributed by atoms with Crippen LogP contribution in [0.3, 0.4) is 0 Å². The Bertz CT molecular complexity index is 657. The van der Waals surface area contributed by atoms with Gasteiger partial charge in [-0.2, -0.15) is 0 Å². The minimum atomic E-state index is -0.149. The van der Waals surface area contributed by atoms with Crippen LogP contribution in [0.4, 0.5) is 0 Å². The lowest BCUT2D eigenvalue weighted by molar-refractivity contribution is 0.473. The SMILES string of the molecule is CCCNC(CC1CC1)c1cc2[nH]c(=O)[nH]c2cc1Br. The van der Waals surface area contributed by atoms with Crippen molar-refractivity contribution < 1.29 is 0 Å². The number of benzene rings is 1. The second-order valence-corrected chi connectivity index (χ2v) is 6.54. The minimum absolute atomic E-state index is 0.149. The molecule has 1 heterocycles. The summed E-state index contributed by atoms with van der Waals surface area (Å²) in [6, 6.07) is 4.45. The normalized spacial score (nSPS) is 16.7. The highest BCUT2D eigenvalue weighted by Gasteiger charge is 2.27. The number of hydrogen-bond donors (Lipinski definition) is 3. The van der Waals surface area contributed by atoms with Crippen LogP contribution in [0, 0.1) is 5.92 Å². The van der Waals surface area contributed by atoms with Gasteiger partial charge in [0.1, 0.15) is 0 Å². The van der Waals surface area contributed by atoms with Crippen LogP contribution in [-0.4, -0.2) is 16.5 Å². The van der Waals surface area contributed by atoms with Gasteiger partial charge < -0.3 is 15.3 Å². The van der Waals surface area contributed by atoms with Gasteiger partial charge in [-0.3, -0.25) is 0 Å². The fourth-order valence-corrected chi connectivity index (χ4v) is 3.29. The average molecular weight is 338 g/mol. The van der Waals surface area contributed by atoms with E-state index in [-0.39, 0.29) is 5.69 Å². The summed E-state index contributed by atoms with van der Waals surface area (Å²) in [5, 5.41) is 3.64. The van der Waals surface area contributed by atoms with E-state index >= 15 is 0 Å². The highest BCUT2D eigenvalue weighted by molar-refractivity contribution is 9.10. The summed E-state index contributed by atoms with van der Waals surface area (Å²) < 4.78 is 1.06. The van der Waals surface area contributed by atoms with Crippen LogP contribution in [0.15, 0.2) is 21.4 Å². The molecule has 3 rings (SSSR count). The van der Waals surface area contributed by atoms with E-state index in [2.05, 4.69) is 44.2 Å². The maximum Gasteiger partial charge on any atom is 0.323 e. The molecule has 20 heavy (non-hydrogen) atoms. The Morgan fingerprint density at radius 2 is 2.05 bits per heavy atom. The second-order valence-electron chi connectivity index (χ2n) is 5.68. The summed E-state index contributed by atoms with van der Waals surface area (Å²) in [6.45, 7) is 3.20. The van der Waals surface area contributed by atoms with Crippen molar-refractivity contribution in [1.82, 2.24) is 15.3 Å². The molecule has 108 valence electrons. The quantitative estimate of drug-likeness (QED) is 0.755. The molecule has 0 aliphatic heterocycles. The number of halogens is 1. The van der Waals surface area contributed by atoms with Crippen LogP contribution in [0.2, 0.25) is 0 Å². The summed E-state index contributed by atoms with van der Waals surface area (Å²) in [5.74, 6) is 0.859. The van der Waals surface area contributed by atoms with Crippen LogP contribution >= 0.6 is 15.9 Å². The van der Waals surface area contributed by atoms with Gasteiger partial charge in [-0.05, 0) is 43.0 Å². The fraction of sp³-hybridized carbons (Fsp3) is 0.533. The Kier molecular flexibility index (Phi) is 3.98. The van der Waals surface area contributed by atoms with Gasteiger partial charge in [0.2, 0.25) is 0 Å². The molecule has 1 aromatic carbocycles. The summed E-state index contributed by atoms with van der Waals surface area (Å²) in [7, 11) is 0. The molecule has 1 atom stereocenters. The zero-order valence-electron chi connectivity index (χ0n) is 11.6. The molecule has 0 saturated heterocycles. The van der Waals surface area contributed by atoms with Crippen molar-refractivity contribution in [2.24, 2.45) is 5.92 Å². The number of H-pyrrole nitrogens is 2. The van der Waals surface area contributed by atoms with Crippen LogP contribution < -0.4 is 11.0 Å². The van der Waals surface area contributed by atoms with E-state index in [0.29, 0.717) is 6.04 Å². The Labute approximate surface area is 126 Å². The fourth-order valence-electron chi connectivity index (χ4n) is 2.67. The first kappa shape index (κ1) is 13.9. The van der Waals surface area contributed by atoms with E-state index < -0.39 is 0 Å². The molecule has 0 spiro atoms. The first-order valence-corrected chi connectivity index (χ1v) is 8.11. The van der Waals surface area contributed by atoms with Crippen molar-refractivity contribution in [3.05, 3.63) is 32.7 Å². The predicted molar refractivity (Wildman–Crippen MR) is 85.0 cm³/mol. The molecule has 1 saturated carbocycles. The monoisotopic (exact) mass is 337 g/mol. The molecule has 0 amide bonds. The third-order valence-electron chi connectivity index (χ3n) is 3.92. The third-order valence-corrected chi connectivity index (χ3v) is 4.60. The van der Waals surface area contributed by atoms with E-state index in [4.69, 9.17) is 0 Å². The van der Waals surface area contributed by atoms with E-state index in [9.17, 15) is 4.79 Å². The van der Waals surface area contributed by atoms with Gasteiger partial charge in [0.25, 0.3) is 0 Å². The van der Waals surface area contributed by atoms with E-state index in [0.717, 1.165) is 34.4 Å². The smallest absolute Gasteiger partial charge is 0.310 e. The maximum absolute atomic E-state index is 11.4. The standard InChI is InChI=1S/C15H20BrN3O/c1-2-5-17-12(6-9-3-4-9)10-7-13-14(8-11(10)16)19-15(20)18-13/h7-9,12,17H,2-6H2,1H3,(H2,18,19,20). The Morgan fingerprint density at radius 3 is 2.70 bits per heavy atom. The summed E-state index contributed by atoms with van der Waals surface area (Å²) in [4.78, 5) is 17.0. The van der Waals surface area contributed by atoms with E-state index in [1.54, 1.807) is 0 Å². The van der Waals surface area contributed by atoms with Crippen molar-refractivity contribution >= 4 is 27.0 Å². The average Bonchev–Trinajstić information content (AvgIpc) is 3.15. The Balaban J connectivity index is 1.94. The first-order valence-electron chi connectivity index (χ1n) is 7.32. The third kappa shape index (κ3) is 2.99. The number of rotatable bonds is 6. The molecule has 0 bridgehead atoms. The highest BCUT2D eigenvalue weighted by atomic mass is 79.9. The maximum atomic E-state index is 11.4. The van der Waals surface area contributed by atoms with Crippen molar-refractivity contribution in [3.8, 4) is 0 Å². The summed E-state index contributed by atoms with van der Waals surface area (Å²) >= 11 is 3.65. The van der Waals surface area contributed by atoms with Crippen molar-refractivity contribution in [2.45, 2.75) is 38.6 Å². The van der Waals surface area contributed by atoms with Crippen molar-refractivity contribution in [3.63, 3.8) is 0 Å². The van der Waals surface area contributed by atoms with E-state index in [1.165, 1.54) is 24.8 Å². The van der Waals surface area contributed by atoms with Crippen LogP contribution in [0.25, 0.3) is 11.0 Å². The molecule has 1 aromatic heterocycles. The zero-order chi connectivity index (χ0) is 14.1. The second kappa shape index (κ2) is 5.74. The lowest BCUT2D eigenvalue weighted by Gasteiger charge is -2.20.